The molecule has 0 saturated carbocycles. The maximum Gasteiger partial charge on any atom is 0.324 e. The van der Waals surface area contributed by atoms with Gasteiger partial charge in [0.15, 0.2) is 0 Å². The summed E-state index contributed by atoms with van der Waals surface area (Å²) in [7, 11) is 0. The van der Waals surface area contributed by atoms with Crippen molar-refractivity contribution in [3.63, 3.8) is 0 Å². The highest BCUT2D eigenvalue weighted by atomic mass is 32.2. The minimum absolute atomic E-state index is 0.0721. The van der Waals surface area contributed by atoms with Crippen LogP contribution in [0.1, 0.15) is 39.2 Å². The molecular formula is C20H29NO2S. The second-order valence-corrected chi connectivity index (χ2v) is 8.68. The quantitative estimate of drug-likeness (QED) is 0.594. The number of thioether (sulfide) groups is 1. The Labute approximate surface area is 150 Å². The van der Waals surface area contributed by atoms with Crippen LogP contribution in [0.25, 0.3) is 0 Å². The zero-order chi connectivity index (χ0) is 17.6. The van der Waals surface area contributed by atoms with Crippen molar-refractivity contribution in [1.82, 2.24) is 0 Å². The van der Waals surface area contributed by atoms with E-state index in [-0.39, 0.29) is 17.3 Å². The molecule has 0 amide bonds. The number of hydrogen-bond acceptors (Lipinski definition) is 4. The Morgan fingerprint density at radius 2 is 2.08 bits per heavy atom. The van der Waals surface area contributed by atoms with E-state index in [1.807, 2.05) is 30.3 Å². The van der Waals surface area contributed by atoms with E-state index < -0.39 is 6.04 Å². The summed E-state index contributed by atoms with van der Waals surface area (Å²) < 4.78 is 5.39. The smallest absolute Gasteiger partial charge is 0.324 e. The van der Waals surface area contributed by atoms with Crippen LogP contribution in [0.4, 0.5) is 0 Å². The average molecular weight is 348 g/mol. The number of benzene rings is 1. The number of allylic oxidation sites excluding steroid dienone is 1. The van der Waals surface area contributed by atoms with Crippen molar-refractivity contribution in [3.05, 3.63) is 48.0 Å². The van der Waals surface area contributed by atoms with E-state index in [1.54, 1.807) is 11.8 Å². The molecule has 0 bridgehead atoms. The van der Waals surface area contributed by atoms with E-state index in [0.29, 0.717) is 17.6 Å². The molecule has 3 atom stereocenters. The number of esters is 1. The van der Waals surface area contributed by atoms with Crippen LogP contribution >= 0.6 is 11.8 Å². The van der Waals surface area contributed by atoms with Gasteiger partial charge in [-0.1, -0.05) is 56.3 Å². The van der Waals surface area contributed by atoms with Crippen LogP contribution < -0.4 is 5.73 Å². The van der Waals surface area contributed by atoms with Gasteiger partial charge in [-0.15, -0.1) is 11.8 Å². The average Bonchev–Trinajstić information content (AvgIpc) is 2.59. The lowest BCUT2D eigenvalue weighted by Crippen LogP contribution is -2.36. The molecule has 0 heterocycles. The van der Waals surface area contributed by atoms with E-state index in [2.05, 4.69) is 32.9 Å². The van der Waals surface area contributed by atoms with Crippen LogP contribution in [0, 0.1) is 11.8 Å². The molecule has 0 saturated heterocycles. The van der Waals surface area contributed by atoms with Crippen LogP contribution in [0.15, 0.2) is 42.5 Å². The van der Waals surface area contributed by atoms with E-state index in [4.69, 9.17) is 10.5 Å². The van der Waals surface area contributed by atoms with Gasteiger partial charge >= 0.3 is 5.97 Å². The lowest BCUT2D eigenvalue weighted by Gasteiger charge is -2.33. The molecular weight excluding hydrogens is 318 g/mol. The number of ether oxygens (including phenoxy) is 1. The van der Waals surface area contributed by atoms with E-state index in [0.717, 1.165) is 12.0 Å². The first-order valence-corrected chi connectivity index (χ1v) is 9.67. The molecule has 0 radical (unpaired) electrons. The molecule has 1 aliphatic carbocycles. The van der Waals surface area contributed by atoms with Gasteiger partial charge in [-0.3, -0.25) is 4.79 Å². The summed E-state index contributed by atoms with van der Waals surface area (Å²) in [5, 5.41) is 0. The number of carbonyl (C=O) groups excluding carboxylic acids is 1. The number of rotatable bonds is 7. The lowest BCUT2D eigenvalue weighted by molar-refractivity contribution is -0.145. The van der Waals surface area contributed by atoms with Gasteiger partial charge < -0.3 is 10.5 Å². The van der Waals surface area contributed by atoms with E-state index in [9.17, 15) is 4.79 Å². The molecule has 24 heavy (non-hydrogen) atoms. The maximum absolute atomic E-state index is 12.1. The Balaban J connectivity index is 1.77. The third-order valence-corrected chi connectivity index (χ3v) is 6.17. The highest BCUT2D eigenvalue weighted by Crippen LogP contribution is 2.39. The maximum atomic E-state index is 12.1. The van der Waals surface area contributed by atoms with Gasteiger partial charge in [-0.25, -0.2) is 0 Å². The summed E-state index contributed by atoms with van der Waals surface area (Å²) in [6.45, 7) is 7.05. The summed E-state index contributed by atoms with van der Waals surface area (Å²) in [6, 6.07) is 9.10. The van der Waals surface area contributed by atoms with Gasteiger partial charge in [0.05, 0.1) is 0 Å². The zero-order valence-electron chi connectivity index (χ0n) is 14.9. The molecule has 132 valence electrons. The fourth-order valence-electron chi connectivity index (χ4n) is 2.82. The lowest BCUT2D eigenvalue weighted by atomic mass is 9.83. The molecule has 4 heteroatoms. The van der Waals surface area contributed by atoms with Gasteiger partial charge in [0.1, 0.15) is 12.6 Å². The van der Waals surface area contributed by atoms with Crippen molar-refractivity contribution in [2.75, 3.05) is 5.75 Å². The predicted molar refractivity (Wildman–Crippen MR) is 102 cm³/mol. The van der Waals surface area contributed by atoms with Gasteiger partial charge in [0.2, 0.25) is 0 Å². The summed E-state index contributed by atoms with van der Waals surface area (Å²) in [5.74, 6) is 1.62. The van der Waals surface area contributed by atoms with Crippen LogP contribution in [-0.2, 0) is 16.1 Å². The SMILES string of the molecule is CC(C)C1C=CC(C)(SC[C@H](N)C(=O)OCc2ccccc2)CC1. The third kappa shape index (κ3) is 5.67. The first-order chi connectivity index (χ1) is 11.4. The summed E-state index contributed by atoms with van der Waals surface area (Å²) in [4.78, 5) is 12.1. The summed E-state index contributed by atoms with van der Waals surface area (Å²) >= 11 is 1.76. The van der Waals surface area contributed by atoms with Gasteiger partial charge in [0, 0.05) is 10.5 Å². The minimum Gasteiger partial charge on any atom is -0.460 e. The topological polar surface area (TPSA) is 52.3 Å². The molecule has 2 unspecified atom stereocenters. The second-order valence-electron chi connectivity index (χ2n) is 7.13. The van der Waals surface area contributed by atoms with Crippen molar-refractivity contribution in [1.29, 1.82) is 0 Å². The highest BCUT2D eigenvalue weighted by molar-refractivity contribution is 8.00. The number of hydrogen-bond donors (Lipinski definition) is 1. The van der Waals surface area contributed by atoms with Crippen molar-refractivity contribution in [3.8, 4) is 0 Å². The molecule has 0 fully saturated rings. The third-order valence-electron chi connectivity index (χ3n) is 4.65. The van der Waals surface area contributed by atoms with Crippen LogP contribution in [0.2, 0.25) is 0 Å². The second kappa shape index (κ2) is 8.72. The molecule has 1 aliphatic rings. The molecule has 1 aromatic carbocycles. The Hall–Kier alpha value is -1.26. The fraction of sp³-hybridized carbons (Fsp3) is 0.550. The zero-order valence-corrected chi connectivity index (χ0v) is 15.7. The molecule has 2 rings (SSSR count). The van der Waals surface area contributed by atoms with Crippen LogP contribution in [0.5, 0.6) is 0 Å². The van der Waals surface area contributed by atoms with Crippen molar-refractivity contribution in [2.45, 2.75) is 51.0 Å². The molecule has 3 nitrogen and oxygen atoms in total. The summed E-state index contributed by atoms with van der Waals surface area (Å²) in [5.41, 5.74) is 6.99. The van der Waals surface area contributed by atoms with Gasteiger partial charge in [0.25, 0.3) is 0 Å². The normalized spacial score (nSPS) is 24.8. The van der Waals surface area contributed by atoms with Gasteiger partial charge in [-0.05, 0) is 37.2 Å². The standard InChI is InChI=1S/C20H29NO2S/c1-15(2)17-9-11-20(3,12-10-17)24-14-18(21)19(22)23-13-16-7-5-4-6-8-16/h4-9,11,15,17-18H,10,12-14,21H2,1-3H3/t17?,18-,20?/m0/s1. The number of nitrogens with two attached hydrogens (primary N) is 1. The first kappa shape index (κ1) is 19.1. The molecule has 1 aromatic rings. The Bertz CT molecular complexity index is 558. The molecule has 0 aliphatic heterocycles. The van der Waals surface area contributed by atoms with Crippen molar-refractivity contribution in [2.24, 2.45) is 17.6 Å². The first-order valence-electron chi connectivity index (χ1n) is 8.69. The molecule has 2 N–H and O–H groups in total. The van der Waals surface area contributed by atoms with E-state index in [1.165, 1.54) is 6.42 Å². The Kier molecular flexibility index (Phi) is 6.93. The van der Waals surface area contributed by atoms with Crippen LogP contribution in [-0.4, -0.2) is 22.5 Å². The predicted octanol–water partition coefficient (Wildman–Crippen LogP) is 4.17. The minimum atomic E-state index is -0.577. The van der Waals surface area contributed by atoms with Gasteiger partial charge in [-0.2, -0.15) is 0 Å². The van der Waals surface area contributed by atoms with Crippen molar-refractivity contribution < 1.29 is 9.53 Å². The molecule has 0 aromatic heterocycles. The highest BCUT2D eigenvalue weighted by Gasteiger charge is 2.29. The Morgan fingerprint density at radius 3 is 2.67 bits per heavy atom. The van der Waals surface area contributed by atoms with Crippen molar-refractivity contribution >= 4 is 17.7 Å². The largest absolute Gasteiger partial charge is 0.460 e. The summed E-state index contributed by atoms with van der Waals surface area (Å²) in [6.07, 6.45) is 6.96. The molecule has 0 spiro atoms. The van der Waals surface area contributed by atoms with E-state index >= 15 is 0 Å². The Morgan fingerprint density at radius 1 is 1.38 bits per heavy atom. The monoisotopic (exact) mass is 347 g/mol. The fourth-order valence-corrected chi connectivity index (χ4v) is 3.95. The number of carbonyl (C=O) groups is 1. The van der Waals surface area contributed by atoms with Crippen LogP contribution in [0.3, 0.4) is 0 Å².